The fraction of sp³-hybridized carbons (Fsp3) is 0.333. The van der Waals surface area contributed by atoms with Gasteiger partial charge in [0.1, 0.15) is 24.9 Å². The van der Waals surface area contributed by atoms with Gasteiger partial charge in [-0.3, -0.25) is 4.79 Å². The maximum atomic E-state index is 11.9. The quantitative estimate of drug-likeness (QED) is 0.826. The highest BCUT2D eigenvalue weighted by molar-refractivity contribution is 5.83. The number of hydrogen-bond donors (Lipinski definition) is 2. The summed E-state index contributed by atoms with van der Waals surface area (Å²) in [4.78, 5) is 22.8. The van der Waals surface area contributed by atoms with Crippen molar-refractivity contribution in [2.75, 3.05) is 12.3 Å². The second kappa shape index (κ2) is 4.71. The van der Waals surface area contributed by atoms with Crippen molar-refractivity contribution in [2.24, 2.45) is 0 Å². The van der Waals surface area contributed by atoms with Crippen molar-refractivity contribution < 1.29 is 18.0 Å². The molecule has 0 radical (unpaired) electrons. The lowest BCUT2D eigenvalue weighted by molar-refractivity contribution is -0.138. The number of hydrogen-bond acceptors (Lipinski definition) is 5. The summed E-state index contributed by atoms with van der Waals surface area (Å²) in [7, 11) is 0. The highest BCUT2D eigenvalue weighted by atomic mass is 19.4. The Balaban J connectivity index is 2.10. The van der Waals surface area contributed by atoms with Crippen LogP contribution < -0.4 is 11.1 Å². The van der Waals surface area contributed by atoms with Crippen LogP contribution in [0.2, 0.25) is 0 Å². The molecule has 2 aromatic rings. The summed E-state index contributed by atoms with van der Waals surface area (Å²) in [5.74, 6) is -0.659. The third-order valence-corrected chi connectivity index (χ3v) is 2.23. The van der Waals surface area contributed by atoms with Crippen LogP contribution >= 0.6 is 0 Å². The molecule has 0 unspecified atom stereocenters. The first kappa shape index (κ1) is 13.1. The van der Waals surface area contributed by atoms with Gasteiger partial charge in [0.15, 0.2) is 11.5 Å². The number of nitrogens with one attached hydrogen (secondary N) is 1. The van der Waals surface area contributed by atoms with Crippen molar-refractivity contribution in [1.82, 2.24) is 24.8 Å². The highest BCUT2D eigenvalue weighted by Gasteiger charge is 2.27. The van der Waals surface area contributed by atoms with E-state index in [1.165, 1.54) is 17.2 Å². The molecule has 0 saturated carbocycles. The lowest BCUT2D eigenvalue weighted by Crippen LogP contribution is -2.35. The molecular weight excluding hydrogens is 265 g/mol. The van der Waals surface area contributed by atoms with Crippen molar-refractivity contribution in [2.45, 2.75) is 12.7 Å². The van der Waals surface area contributed by atoms with E-state index in [4.69, 9.17) is 5.73 Å². The average molecular weight is 274 g/mol. The van der Waals surface area contributed by atoms with Gasteiger partial charge in [-0.05, 0) is 0 Å². The third-order valence-electron chi connectivity index (χ3n) is 2.23. The molecule has 0 aromatic carbocycles. The lowest BCUT2D eigenvalue weighted by Gasteiger charge is -2.08. The number of carbonyl (C=O) groups excluding carboxylic acids is 1. The topological polar surface area (TPSA) is 98.7 Å². The van der Waals surface area contributed by atoms with Gasteiger partial charge in [0.25, 0.3) is 0 Å². The molecule has 0 aliphatic rings. The Morgan fingerprint density at radius 1 is 1.37 bits per heavy atom. The summed E-state index contributed by atoms with van der Waals surface area (Å²) < 4.78 is 37.1. The zero-order valence-electron chi connectivity index (χ0n) is 9.48. The number of carbonyl (C=O) groups is 1. The van der Waals surface area contributed by atoms with Gasteiger partial charge in [0.05, 0.1) is 6.33 Å². The van der Waals surface area contributed by atoms with Crippen molar-refractivity contribution in [3.05, 3.63) is 12.7 Å². The largest absolute Gasteiger partial charge is 0.405 e. The third kappa shape index (κ3) is 3.09. The summed E-state index contributed by atoms with van der Waals surface area (Å²) in [5.41, 5.74) is 6.12. The minimum Gasteiger partial charge on any atom is -0.382 e. The van der Waals surface area contributed by atoms with E-state index in [1.807, 2.05) is 0 Å². The first-order chi connectivity index (χ1) is 8.87. The molecule has 2 rings (SSSR count). The Kier molecular flexibility index (Phi) is 3.23. The van der Waals surface area contributed by atoms with Crippen LogP contribution in [0.4, 0.5) is 19.0 Å². The maximum Gasteiger partial charge on any atom is 0.405 e. The zero-order valence-corrected chi connectivity index (χ0v) is 9.48. The molecule has 0 aliphatic carbocycles. The number of halogens is 3. The summed E-state index contributed by atoms with van der Waals surface area (Å²) in [5, 5.41) is 1.75. The molecule has 102 valence electrons. The average Bonchev–Trinajstić information content (AvgIpc) is 2.71. The van der Waals surface area contributed by atoms with Crippen LogP contribution in [0.5, 0.6) is 0 Å². The first-order valence-electron chi connectivity index (χ1n) is 5.11. The molecule has 0 atom stereocenters. The van der Waals surface area contributed by atoms with Crippen LogP contribution in [0.1, 0.15) is 0 Å². The second-order valence-electron chi connectivity index (χ2n) is 3.70. The second-order valence-corrected chi connectivity index (χ2v) is 3.70. The van der Waals surface area contributed by atoms with E-state index < -0.39 is 18.6 Å². The predicted molar refractivity (Wildman–Crippen MR) is 58.8 cm³/mol. The number of nitrogen functional groups attached to an aromatic ring is 1. The van der Waals surface area contributed by atoms with Crippen LogP contribution in [-0.2, 0) is 11.3 Å². The molecule has 0 fully saturated rings. The normalized spacial score (nSPS) is 11.7. The number of nitrogens with two attached hydrogens (primary N) is 1. The van der Waals surface area contributed by atoms with Gasteiger partial charge >= 0.3 is 6.18 Å². The van der Waals surface area contributed by atoms with Gasteiger partial charge in [-0.1, -0.05) is 0 Å². The molecule has 1 amide bonds. The molecule has 2 aromatic heterocycles. The molecule has 3 N–H and O–H groups in total. The molecule has 19 heavy (non-hydrogen) atoms. The number of fused-ring (bicyclic) bond motifs is 1. The molecule has 0 spiro atoms. The van der Waals surface area contributed by atoms with Gasteiger partial charge in [0, 0.05) is 0 Å². The predicted octanol–water partition coefficient (Wildman–Crippen LogP) is 0.0870. The number of rotatable bonds is 3. The Morgan fingerprint density at radius 3 is 2.79 bits per heavy atom. The van der Waals surface area contributed by atoms with E-state index in [1.54, 1.807) is 5.32 Å². The standard InChI is InChI=1S/C9H9F3N6O/c10-9(11,12)2-14-5(19)1-18-4-17-6-7(13)15-3-16-8(6)18/h3-4H,1-2H2,(H,14,19)(H2,13,15,16). The van der Waals surface area contributed by atoms with Crippen molar-refractivity contribution in [3.63, 3.8) is 0 Å². The van der Waals surface area contributed by atoms with E-state index in [0.29, 0.717) is 5.52 Å². The Morgan fingerprint density at radius 2 is 2.11 bits per heavy atom. The van der Waals surface area contributed by atoms with E-state index in [-0.39, 0.29) is 18.0 Å². The first-order valence-corrected chi connectivity index (χ1v) is 5.11. The maximum absolute atomic E-state index is 11.9. The summed E-state index contributed by atoms with van der Waals surface area (Å²) in [6.07, 6.45) is -1.99. The zero-order chi connectivity index (χ0) is 14.0. The summed E-state index contributed by atoms with van der Waals surface area (Å²) >= 11 is 0. The minimum atomic E-state index is -4.45. The molecule has 0 bridgehead atoms. The fourth-order valence-corrected chi connectivity index (χ4v) is 1.42. The van der Waals surface area contributed by atoms with Crippen LogP contribution in [0.15, 0.2) is 12.7 Å². The smallest absolute Gasteiger partial charge is 0.382 e. The van der Waals surface area contributed by atoms with E-state index in [0.717, 1.165) is 0 Å². The fourth-order valence-electron chi connectivity index (χ4n) is 1.42. The monoisotopic (exact) mass is 274 g/mol. The highest BCUT2D eigenvalue weighted by Crippen LogP contribution is 2.14. The van der Waals surface area contributed by atoms with Crippen LogP contribution in [0, 0.1) is 0 Å². The SMILES string of the molecule is Nc1ncnc2c1ncn2CC(=O)NCC(F)(F)F. The van der Waals surface area contributed by atoms with Gasteiger partial charge in [-0.15, -0.1) is 0 Å². The molecule has 0 aliphatic heterocycles. The number of aromatic nitrogens is 4. The van der Waals surface area contributed by atoms with Crippen LogP contribution in [0.25, 0.3) is 11.2 Å². The lowest BCUT2D eigenvalue weighted by atomic mass is 10.5. The summed E-state index contributed by atoms with van der Waals surface area (Å²) in [6.45, 7) is -1.71. The Hall–Kier alpha value is -2.39. The van der Waals surface area contributed by atoms with Gasteiger partial charge in [0.2, 0.25) is 5.91 Å². The molecular formula is C9H9F3N6O. The van der Waals surface area contributed by atoms with Gasteiger partial charge in [-0.25, -0.2) is 15.0 Å². The van der Waals surface area contributed by atoms with E-state index in [2.05, 4.69) is 15.0 Å². The van der Waals surface area contributed by atoms with Crippen LogP contribution in [0.3, 0.4) is 0 Å². The molecule has 0 saturated heterocycles. The van der Waals surface area contributed by atoms with Crippen LogP contribution in [-0.4, -0.2) is 38.1 Å². The molecule has 10 heteroatoms. The van der Waals surface area contributed by atoms with E-state index >= 15 is 0 Å². The van der Waals surface area contributed by atoms with Gasteiger partial charge < -0.3 is 15.6 Å². The van der Waals surface area contributed by atoms with E-state index in [9.17, 15) is 18.0 Å². The Labute approximate surface area is 104 Å². The number of nitrogens with zero attached hydrogens (tertiary/aromatic N) is 4. The van der Waals surface area contributed by atoms with Crippen molar-refractivity contribution >= 4 is 22.9 Å². The number of amides is 1. The number of imidazole rings is 1. The summed E-state index contributed by atoms with van der Waals surface area (Å²) in [6, 6.07) is 0. The van der Waals surface area contributed by atoms with Gasteiger partial charge in [-0.2, -0.15) is 13.2 Å². The number of alkyl halides is 3. The van der Waals surface area contributed by atoms with Crippen molar-refractivity contribution in [3.8, 4) is 0 Å². The van der Waals surface area contributed by atoms with Crippen molar-refractivity contribution in [1.29, 1.82) is 0 Å². The molecule has 2 heterocycles. The number of anilines is 1. The Bertz CT molecular complexity index is 608. The minimum absolute atomic E-state index is 0.138. The molecule has 7 nitrogen and oxygen atoms in total.